The van der Waals surface area contributed by atoms with Crippen molar-refractivity contribution in [2.45, 2.75) is 40.0 Å². The Kier molecular flexibility index (Phi) is 7.82. The molecule has 0 saturated heterocycles. The molecule has 0 unspecified atom stereocenters. The van der Waals surface area contributed by atoms with Crippen molar-refractivity contribution in [1.82, 2.24) is 0 Å². The van der Waals surface area contributed by atoms with Gasteiger partial charge in [-0.05, 0) is 57.2 Å². The zero-order valence-electron chi connectivity index (χ0n) is 16.0. The molecule has 0 radical (unpaired) electrons. The summed E-state index contributed by atoms with van der Waals surface area (Å²) in [4.78, 5) is 12.2. The molecule has 2 aromatic rings. The summed E-state index contributed by atoms with van der Waals surface area (Å²) in [5.74, 6) is 0.0333. The van der Waals surface area contributed by atoms with Crippen molar-refractivity contribution in [3.05, 3.63) is 101 Å². The maximum atomic E-state index is 12.2. The molecule has 0 heterocycles. The van der Waals surface area contributed by atoms with Crippen molar-refractivity contribution in [1.29, 1.82) is 0 Å². The Hall–Kier alpha value is -2.67. The quantitative estimate of drug-likeness (QED) is 0.292. The maximum Gasteiger partial charge on any atom is 0.185 e. The first-order valence-electron chi connectivity index (χ1n) is 9.20. The number of carbonyl (C=O) groups excluding carboxylic acids is 1. The van der Waals surface area contributed by atoms with Gasteiger partial charge in [0.2, 0.25) is 0 Å². The lowest BCUT2D eigenvalue weighted by molar-refractivity contribution is 0.104. The van der Waals surface area contributed by atoms with Gasteiger partial charge in [-0.15, -0.1) is 0 Å². The van der Waals surface area contributed by atoms with Crippen molar-refractivity contribution in [3.63, 3.8) is 0 Å². The Balaban J connectivity index is 1.96. The summed E-state index contributed by atoms with van der Waals surface area (Å²) in [6.45, 7) is 6.47. The number of allylic oxidation sites excluding steroid dienone is 5. The van der Waals surface area contributed by atoms with Gasteiger partial charge in [0.15, 0.2) is 5.78 Å². The van der Waals surface area contributed by atoms with Crippen LogP contribution >= 0.6 is 0 Å². The minimum Gasteiger partial charge on any atom is -0.289 e. The Morgan fingerprint density at radius 1 is 0.923 bits per heavy atom. The molecule has 0 spiro atoms. The standard InChI is InChI=1S/C25H28O/c1-20(2)9-7-10-21(3)15-16-22-11-8-12-23(19-22)17-18-25(26)24-13-5-4-6-14-24/h4-6,8-9,11-15,17-19H,7,10,16H2,1-3H3. The molecule has 0 amide bonds. The largest absolute Gasteiger partial charge is 0.289 e. The van der Waals surface area contributed by atoms with Gasteiger partial charge in [0.05, 0.1) is 0 Å². The summed E-state index contributed by atoms with van der Waals surface area (Å²) in [5.41, 5.74) is 5.84. The van der Waals surface area contributed by atoms with Crippen molar-refractivity contribution >= 4 is 11.9 Å². The highest BCUT2D eigenvalue weighted by molar-refractivity contribution is 6.06. The Bertz CT molecular complexity index is 803. The average Bonchev–Trinajstić information content (AvgIpc) is 2.65. The molecule has 2 rings (SSSR count). The van der Waals surface area contributed by atoms with Crippen LogP contribution < -0.4 is 0 Å². The van der Waals surface area contributed by atoms with Crippen LogP contribution in [0.2, 0.25) is 0 Å². The van der Waals surface area contributed by atoms with Crippen LogP contribution in [0.25, 0.3) is 6.08 Å². The highest BCUT2D eigenvalue weighted by Gasteiger charge is 2.00. The molecular formula is C25H28O. The highest BCUT2D eigenvalue weighted by atomic mass is 16.1. The van der Waals surface area contributed by atoms with E-state index in [1.165, 1.54) is 16.7 Å². The highest BCUT2D eigenvalue weighted by Crippen LogP contribution is 2.12. The molecule has 0 N–H and O–H groups in total. The fourth-order valence-corrected chi connectivity index (χ4v) is 2.68. The predicted octanol–water partition coefficient (Wildman–Crippen LogP) is 6.82. The monoisotopic (exact) mass is 344 g/mol. The summed E-state index contributed by atoms with van der Waals surface area (Å²) in [6, 6.07) is 17.7. The molecule has 0 atom stereocenters. The van der Waals surface area contributed by atoms with Crippen molar-refractivity contribution in [2.24, 2.45) is 0 Å². The van der Waals surface area contributed by atoms with Gasteiger partial charge >= 0.3 is 0 Å². The minimum atomic E-state index is 0.0333. The van der Waals surface area contributed by atoms with E-state index in [9.17, 15) is 4.79 Å². The van der Waals surface area contributed by atoms with E-state index in [0.29, 0.717) is 0 Å². The van der Waals surface area contributed by atoms with Gasteiger partial charge in [-0.1, -0.05) is 84.0 Å². The third-order valence-electron chi connectivity index (χ3n) is 4.21. The first-order chi connectivity index (χ1) is 12.5. The number of rotatable bonds is 8. The molecule has 1 nitrogen and oxygen atoms in total. The zero-order chi connectivity index (χ0) is 18.8. The number of hydrogen-bond acceptors (Lipinski definition) is 1. The smallest absolute Gasteiger partial charge is 0.185 e. The SMILES string of the molecule is CC(C)=CCCC(C)=CCc1cccc(C=CC(=O)c2ccccc2)c1. The van der Waals surface area contributed by atoms with Crippen LogP contribution in [0.5, 0.6) is 0 Å². The van der Waals surface area contributed by atoms with Crippen LogP contribution in [0.1, 0.15) is 55.1 Å². The lowest BCUT2D eigenvalue weighted by Gasteiger charge is -2.02. The second kappa shape index (κ2) is 10.4. The molecule has 0 fully saturated rings. The summed E-state index contributed by atoms with van der Waals surface area (Å²) >= 11 is 0. The molecular weight excluding hydrogens is 316 g/mol. The van der Waals surface area contributed by atoms with E-state index in [1.54, 1.807) is 6.08 Å². The van der Waals surface area contributed by atoms with Gasteiger partial charge < -0.3 is 0 Å². The van der Waals surface area contributed by atoms with Crippen LogP contribution in [-0.2, 0) is 6.42 Å². The molecule has 0 saturated carbocycles. The second-order valence-electron chi connectivity index (χ2n) is 6.88. The zero-order valence-corrected chi connectivity index (χ0v) is 16.0. The summed E-state index contributed by atoms with van der Waals surface area (Å²) in [6.07, 6.45) is 11.3. The second-order valence-corrected chi connectivity index (χ2v) is 6.88. The Labute approximate surface area is 157 Å². The molecule has 2 aromatic carbocycles. The van der Waals surface area contributed by atoms with E-state index in [0.717, 1.165) is 30.4 Å². The van der Waals surface area contributed by atoms with E-state index in [-0.39, 0.29) is 5.78 Å². The molecule has 0 aliphatic rings. The van der Waals surface area contributed by atoms with Gasteiger partial charge in [-0.25, -0.2) is 0 Å². The molecule has 0 aliphatic heterocycles. The fraction of sp³-hybridized carbons (Fsp3) is 0.240. The minimum absolute atomic E-state index is 0.0333. The van der Waals surface area contributed by atoms with Crippen LogP contribution in [0.4, 0.5) is 0 Å². The normalized spacial score (nSPS) is 11.6. The van der Waals surface area contributed by atoms with E-state index in [2.05, 4.69) is 45.1 Å². The maximum absolute atomic E-state index is 12.2. The van der Waals surface area contributed by atoms with Gasteiger partial charge in [0.25, 0.3) is 0 Å². The molecule has 26 heavy (non-hydrogen) atoms. The molecule has 1 heteroatoms. The van der Waals surface area contributed by atoms with E-state index in [1.807, 2.05) is 48.5 Å². The van der Waals surface area contributed by atoms with E-state index < -0.39 is 0 Å². The summed E-state index contributed by atoms with van der Waals surface area (Å²) in [5, 5.41) is 0. The number of hydrogen-bond donors (Lipinski definition) is 0. The summed E-state index contributed by atoms with van der Waals surface area (Å²) < 4.78 is 0. The van der Waals surface area contributed by atoms with Gasteiger partial charge in [0.1, 0.15) is 0 Å². The van der Waals surface area contributed by atoms with Crippen LogP contribution in [0.3, 0.4) is 0 Å². The lowest BCUT2D eigenvalue weighted by Crippen LogP contribution is -1.92. The van der Waals surface area contributed by atoms with Crippen molar-refractivity contribution in [2.75, 3.05) is 0 Å². The Morgan fingerprint density at radius 2 is 1.69 bits per heavy atom. The fourth-order valence-electron chi connectivity index (χ4n) is 2.68. The topological polar surface area (TPSA) is 17.1 Å². The predicted molar refractivity (Wildman–Crippen MR) is 112 cm³/mol. The number of benzene rings is 2. The van der Waals surface area contributed by atoms with E-state index >= 15 is 0 Å². The number of ketones is 1. The lowest BCUT2D eigenvalue weighted by atomic mass is 10.0. The van der Waals surface area contributed by atoms with Crippen molar-refractivity contribution < 1.29 is 4.79 Å². The molecule has 0 aromatic heterocycles. The van der Waals surface area contributed by atoms with Gasteiger partial charge in [-0.3, -0.25) is 4.79 Å². The van der Waals surface area contributed by atoms with Crippen LogP contribution in [-0.4, -0.2) is 5.78 Å². The molecule has 0 aliphatic carbocycles. The van der Waals surface area contributed by atoms with Crippen LogP contribution in [0.15, 0.2) is 84.0 Å². The Morgan fingerprint density at radius 3 is 2.42 bits per heavy atom. The van der Waals surface area contributed by atoms with Gasteiger partial charge in [0, 0.05) is 5.56 Å². The third kappa shape index (κ3) is 7.06. The van der Waals surface area contributed by atoms with Crippen molar-refractivity contribution in [3.8, 4) is 0 Å². The molecule has 0 bridgehead atoms. The van der Waals surface area contributed by atoms with E-state index in [4.69, 9.17) is 0 Å². The first-order valence-corrected chi connectivity index (χ1v) is 9.20. The first kappa shape index (κ1) is 19.7. The van der Waals surface area contributed by atoms with Crippen LogP contribution in [0, 0.1) is 0 Å². The summed E-state index contributed by atoms with van der Waals surface area (Å²) in [7, 11) is 0. The average molecular weight is 344 g/mol. The number of carbonyl (C=O) groups is 1. The third-order valence-corrected chi connectivity index (χ3v) is 4.21. The molecule has 134 valence electrons. The van der Waals surface area contributed by atoms with Gasteiger partial charge in [-0.2, -0.15) is 0 Å².